The van der Waals surface area contributed by atoms with Crippen LogP contribution in [0.1, 0.15) is 67.8 Å². The Balaban J connectivity index is 0.00000138. The number of hydrogen-bond acceptors (Lipinski definition) is 5. The lowest BCUT2D eigenvalue weighted by atomic mass is 10.1. The summed E-state index contributed by atoms with van der Waals surface area (Å²) in [5.74, 6) is -0.319. The number of nitriles is 1. The van der Waals surface area contributed by atoms with Crippen LogP contribution >= 0.6 is 0 Å². The molecule has 31 heavy (non-hydrogen) atoms. The van der Waals surface area contributed by atoms with E-state index in [0.29, 0.717) is 38.0 Å². The Bertz CT molecular complexity index is 840. The third kappa shape index (κ3) is 7.82. The first-order valence-corrected chi connectivity index (χ1v) is 10.8. The highest BCUT2D eigenvalue weighted by molar-refractivity contribution is 5.96. The van der Waals surface area contributed by atoms with Crippen molar-refractivity contribution in [3.8, 4) is 6.07 Å². The molecule has 7 heteroatoms. The molecule has 0 aliphatic carbocycles. The predicted octanol–water partition coefficient (Wildman–Crippen LogP) is 4.95. The van der Waals surface area contributed by atoms with Gasteiger partial charge in [-0.3, -0.25) is 9.59 Å². The number of nitrogens with zero attached hydrogens (tertiary/aromatic N) is 4. The zero-order chi connectivity index (χ0) is 23.8. The van der Waals surface area contributed by atoms with Gasteiger partial charge in [0.05, 0.1) is 11.1 Å². The first kappa shape index (κ1) is 27.7. The van der Waals surface area contributed by atoms with Crippen molar-refractivity contribution in [3.63, 3.8) is 0 Å². The van der Waals surface area contributed by atoms with Crippen molar-refractivity contribution < 1.29 is 14.0 Å². The van der Waals surface area contributed by atoms with Crippen LogP contribution in [-0.4, -0.2) is 48.3 Å². The Labute approximate surface area is 185 Å². The van der Waals surface area contributed by atoms with E-state index in [2.05, 4.69) is 4.98 Å². The Hall–Kier alpha value is -3.27. The summed E-state index contributed by atoms with van der Waals surface area (Å²) in [6.07, 6.45) is 2.10. The number of amides is 1. The first-order chi connectivity index (χ1) is 15.1. The average Bonchev–Trinajstić information content (AvgIpc) is 2.88. The van der Waals surface area contributed by atoms with Crippen LogP contribution in [0.3, 0.4) is 0 Å². The van der Waals surface area contributed by atoms with Crippen molar-refractivity contribution in [1.29, 1.82) is 5.26 Å². The number of piperazine rings is 1. The van der Waals surface area contributed by atoms with Gasteiger partial charge in [-0.15, -0.1) is 0 Å². The molecule has 3 rings (SSSR count). The number of carbonyl (C=O) groups is 2. The molecule has 6 nitrogen and oxygen atoms in total. The number of aldehydes is 1. The normalized spacial score (nSPS) is 11.9. The molecule has 0 atom stereocenters. The lowest BCUT2D eigenvalue weighted by molar-refractivity contribution is 0.0742. The predicted molar refractivity (Wildman–Crippen MR) is 123 cm³/mol. The van der Waals surface area contributed by atoms with Gasteiger partial charge < -0.3 is 9.80 Å². The van der Waals surface area contributed by atoms with Crippen LogP contribution in [0.25, 0.3) is 0 Å². The van der Waals surface area contributed by atoms with Crippen LogP contribution in [0.4, 0.5) is 10.2 Å². The fourth-order valence-electron chi connectivity index (χ4n) is 2.73. The van der Waals surface area contributed by atoms with Crippen molar-refractivity contribution in [2.24, 2.45) is 0 Å². The maximum absolute atomic E-state index is 13.9. The van der Waals surface area contributed by atoms with E-state index < -0.39 is 11.7 Å². The molecule has 0 unspecified atom stereocenters. The van der Waals surface area contributed by atoms with Gasteiger partial charge in [-0.25, -0.2) is 9.37 Å². The lowest BCUT2D eigenvalue weighted by Gasteiger charge is -2.35. The van der Waals surface area contributed by atoms with Crippen LogP contribution in [0.5, 0.6) is 0 Å². The Morgan fingerprint density at radius 2 is 1.65 bits per heavy atom. The third-order valence-electron chi connectivity index (χ3n) is 4.12. The minimum Gasteiger partial charge on any atom is -0.353 e. The molecule has 2 aromatic rings. The molecular weight excluding hydrogens is 395 g/mol. The van der Waals surface area contributed by atoms with Crippen molar-refractivity contribution >= 4 is 18.0 Å². The standard InChI is InChI=1S/C18H15FN4O2.3C2H6/c19-16-3-1-13(12-24)9-15(16)18(25)23-7-5-22(6-8-23)17-4-2-14(10-20)11-21-17;3*1-2/h1-4,9,11-12H,5-8H2;3*1-2H3. The summed E-state index contributed by atoms with van der Waals surface area (Å²) >= 11 is 0. The first-order valence-electron chi connectivity index (χ1n) is 10.8. The van der Waals surface area contributed by atoms with E-state index >= 15 is 0 Å². The highest BCUT2D eigenvalue weighted by atomic mass is 19.1. The fourth-order valence-corrected chi connectivity index (χ4v) is 2.73. The van der Waals surface area contributed by atoms with Gasteiger partial charge in [-0.1, -0.05) is 41.5 Å². The molecule has 0 radical (unpaired) electrons. The van der Waals surface area contributed by atoms with E-state index in [1.807, 2.05) is 52.5 Å². The molecule has 0 N–H and O–H groups in total. The smallest absolute Gasteiger partial charge is 0.256 e. The van der Waals surface area contributed by atoms with Gasteiger partial charge in [-0.05, 0) is 30.3 Å². The quantitative estimate of drug-likeness (QED) is 0.647. The van der Waals surface area contributed by atoms with Crippen LogP contribution in [0, 0.1) is 17.1 Å². The summed E-state index contributed by atoms with van der Waals surface area (Å²) in [5.41, 5.74) is 0.669. The molecule has 0 saturated carbocycles. The van der Waals surface area contributed by atoms with Gasteiger partial charge in [-0.2, -0.15) is 5.26 Å². The zero-order valence-electron chi connectivity index (χ0n) is 19.4. The number of halogens is 1. The molecule has 1 fully saturated rings. The average molecular weight is 429 g/mol. The monoisotopic (exact) mass is 428 g/mol. The lowest BCUT2D eigenvalue weighted by Crippen LogP contribution is -2.49. The molecule has 1 aliphatic heterocycles. The van der Waals surface area contributed by atoms with Gasteiger partial charge in [0.1, 0.15) is 24.0 Å². The van der Waals surface area contributed by atoms with Crippen LogP contribution in [-0.2, 0) is 0 Å². The van der Waals surface area contributed by atoms with Crippen molar-refractivity contribution in [1.82, 2.24) is 9.88 Å². The second-order valence-electron chi connectivity index (χ2n) is 5.65. The maximum Gasteiger partial charge on any atom is 0.256 e. The number of anilines is 1. The molecule has 168 valence electrons. The summed E-state index contributed by atoms with van der Waals surface area (Å²) in [6, 6.07) is 9.23. The molecule has 1 aromatic heterocycles. The molecule has 1 amide bonds. The van der Waals surface area contributed by atoms with E-state index in [0.717, 1.165) is 11.9 Å². The van der Waals surface area contributed by atoms with Gasteiger partial charge in [0.25, 0.3) is 5.91 Å². The SMILES string of the molecule is CC.CC.CC.N#Cc1ccc(N2CCN(C(=O)c3cc(C=O)ccc3F)CC2)nc1. The zero-order valence-corrected chi connectivity index (χ0v) is 19.4. The Morgan fingerprint density at radius 1 is 1.03 bits per heavy atom. The van der Waals surface area contributed by atoms with E-state index in [4.69, 9.17) is 5.26 Å². The van der Waals surface area contributed by atoms with Crippen molar-refractivity contribution in [2.75, 3.05) is 31.1 Å². The van der Waals surface area contributed by atoms with Gasteiger partial charge in [0.2, 0.25) is 0 Å². The van der Waals surface area contributed by atoms with Crippen molar-refractivity contribution in [2.45, 2.75) is 41.5 Å². The highest BCUT2D eigenvalue weighted by Crippen LogP contribution is 2.17. The maximum atomic E-state index is 13.9. The number of pyridine rings is 1. The van der Waals surface area contributed by atoms with Crippen LogP contribution < -0.4 is 4.90 Å². The topological polar surface area (TPSA) is 77.3 Å². The number of rotatable bonds is 3. The summed E-state index contributed by atoms with van der Waals surface area (Å²) in [5, 5.41) is 8.80. The highest BCUT2D eigenvalue weighted by Gasteiger charge is 2.24. The summed E-state index contributed by atoms with van der Waals surface area (Å²) in [7, 11) is 0. The van der Waals surface area contributed by atoms with E-state index in [1.54, 1.807) is 17.0 Å². The number of aromatic nitrogens is 1. The summed E-state index contributed by atoms with van der Waals surface area (Å²) < 4.78 is 13.9. The Morgan fingerprint density at radius 3 is 2.13 bits per heavy atom. The molecule has 0 spiro atoms. The number of carbonyl (C=O) groups excluding carboxylic acids is 2. The van der Waals surface area contributed by atoms with Crippen LogP contribution in [0.15, 0.2) is 36.5 Å². The van der Waals surface area contributed by atoms with Gasteiger partial charge in [0.15, 0.2) is 0 Å². The molecular formula is C24H33FN4O2. The van der Waals surface area contributed by atoms with Crippen molar-refractivity contribution in [3.05, 3.63) is 59.0 Å². The minimum atomic E-state index is -0.633. The van der Waals surface area contributed by atoms with E-state index in [9.17, 15) is 14.0 Å². The fraction of sp³-hybridized carbons (Fsp3) is 0.417. The van der Waals surface area contributed by atoms with Gasteiger partial charge in [0, 0.05) is 37.9 Å². The second kappa shape index (κ2) is 15.6. The third-order valence-corrected chi connectivity index (χ3v) is 4.12. The Kier molecular flexibility index (Phi) is 13.9. The van der Waals surface area contributed by atoms with E-state index in [-0.39, 0.29) is 11.1 Å². The summed E-state index contributed by atoms with van der Waals surface area (Å²) in [4.78, 5) is 31.2. The molecule has 0 bridgehead atoms. The molecule has 2 heterocycles. The number of hydrogen-bond donors (Lipinski definition) is 0. The second-order valence-corrected chi connectivity index (χ2v) is 5.65. The number of benzene rings is 1. The van der Waals surface area contributed by atoms with Gasteiger partial charge >= 0.3 is 0 Å². The van der Waals surface area contributed by atoms with E-state index in [1.165, 1.54) is 18.3 Å². The molecule has 1 aromatic carbocycles. The molecule has 1 aliphatic rings. The van der Waals surface area contributed by atoms with Crippen LogP contribution in [0.2, 0.25) is 0 Å². The summed E-state index contributed by atoms with van der Waals surface area (Å²) in [6.45, 7) is 14.0. The molecule has 1 saturated heterocycles. The largest absolute Gasteiger partial charge is 0.353 e. The minimum absolute atomic E-state index is 0.0884.